The second kappa shape index (κ2) is 8.79. The number of hydrazone groups is 1. The summed E-state index contributed by atoms with van der Waals surface area (Å²) in [6.07, 6.45) is 1.53. The Balaban J connectivity index is 2.02. The number of para-hydroxylation sites is 1. The fraction of sp³-hybridized carbons (Fsp3) is 0.278. The van der Waals surface area contributed by atoms with Crippen molar-refractivity contribution in [1.82, 2.24) is 15.3 Å². The third kappa shape index (κ3) is 4.77. The first-order chi connectivity index (χ1) is 12.0. The van der Waals surface area contributed by atoms with Gasteiger partial charge >= 0.3 is 11.8 Å². The number of carbonyl (C=O) groups excluding carboxylic acids is 2. The zero-order valence-electron chi connectivity index (χ0n) is 14.6. The van der Waals surface area contributed by atoms with E-state index in [1.165, 1.54) is 13.3 Å². The van der Waals surface area contributed by atoms with Crippen LogP contribution in [0.2, 0.25) is 0 Å². The molecule has 0 fully saturated rings. The van der Waals surface area contributed by atoms with Crippen molar-refractivity contribution in [3.05, 3.63) is 53.3 Å². The topological polar surface area (TPSA) is 84.7 Å². The van der Waals surface area contributed by atoms with Gasteiger partial charge in [-0.1, -0.05) is 18.2 Å². The van der Waals surface area contributed by atoms with Crippen molar-refractivity contribution in [3.63, 3.8) is 0 Å². The number of aryl methyl sites for hydroxylation is 1. The molecule has 0 atom stereocenters. The Bertz CT molecular complexity index is 766. The van der Waals surface area contributed by atoms with Crippen molar-refractivity contribution in [2.45, 2.75) is 13.8 Å². The molecule has 0 saturated carbocycles. The summed E-state index contributed by atoms with van der Waals surface area (Å²) in [6, 6.07) is 11.9. The molecule has 0 aliphatic carbocycles. The number of nitrogens with zero attached hydrogens (tertiary/aromatic N) is 2. The molecule has 0 spiro atoms. The van der Waals surface area contributed by atoms with Gasteiger partial charge in [0.05, 0.1) is 12.8 Å². The Morgan fingerprint density at radius 2 is 1.92 bits per heavy atom. The number of methoxy groups -OCH3 is 1. The minimum absolute atomic E-state index is 0.269. The van der Waals surface area contributed by atoms with Crippen molar-refractivity contribution < 1.29 is 14.3 Å². The number of nitrogens with one attached hydrogen (secondary N) is 2. The van der Waals surface area contributed by atoms with Crippen LogP contribution in [-0.4, -0.2) is 42.9 Å². The molecule has 25 heavy (non-hydrogen) atoms. The fourth-order valence-electron chi connectivity index (χ4n) is 2.45. The Morgan fingerprint density at radius 1 is 1.20 bits per heavy atom. The number of ether oxygens (including phenoxy) is 1. The first-order valence-corrected chi connectivity index (χ1v) is 7.89. The molecule has 0 aliphatic heterocycles. The lowest BCUT2D eigenvalue weighted by Gasteiger charge is -2.08. The number of aromatic nitrogens is 1. The Hall–Kier alpha value is -2.93. The van der Waals surface area contributed by atoms with E-state index in [9.17, 15) is 9.59 Å². The summed E-state index contributed by atoms with van der Waals surface area (Å²) in [6.45, 7) is 4.58. The van der Waals surface area contributed by atoms with Crippen LogP contribution in [0.1, 0.15) is 17.0 Å². The third-order valence-electron chi connectivity index (χ3n) is 3.65. The fourth-order valence-corrected chi connectivity index (χ4v) is 2.45. The summed E-state index contributed by atoms with van der Waals surface area (Å²) in [5.41, 5.74) is 6.18. The van der Waals surface area contributed by atoms with Crippen LogP contribution >= 0.6 is 0 Å². The molecule has 132 valence electrons. The van der Waals surface area contributed by atoms with Crippen LogP contribution in [0.4, 0.5) is 0 Å². The van der Waals surface area contributed by atoms with E-state index in [4.69, 9.17) is 4.74 Å². The molecule has 0 aliphatic rings. The number of carbonyl (C=O) groups is 2. The maximum atomic E-state index is 11.6. The van der Waals surface area contributed by atoms with Gasteiger partial charge in [0.1, 0.15) is 0 Å². The van der Waals surface area contributed by atoms with E-state index in [0.717, 1.165) is 22.6 Å². The van der Waals surface area contributed by atoms with Crippen LogP contribution in [-0.2, 0) is 14.3 Å². The van der Waals surface area contributed by atoms with Crippen molar-refractivity contribution in [2.24, 2.45) is 5.10 Å². The van der Waals surface area contributed by atoms with Gasteiger partial charge in [-0.15, -0.1) is 0 Å². The van der Waals surface area contributed by atoms with Gasteiger partial charge in [-0.25, -0.2) is 5.43 Å². The second-order valence-electron chi connectivity index (χ2n) is 5.45. The maximum Gasteiger partial charge on any atom is 0.329 e. The summed E-state index contributed by atoms with van der Waals surface area (Å²) >= 11 is 0. The molecule has 2 amide bonds. The van der Waals surface area contributed by atoms with Gasteiger partial charge in [0.25, 0.3) is 0 Å². The normalized spacial score (nSPS) is 10.8. The smallest absolute Gasteiger partial charge is 0.329 e. The van der Waals surface area contributed by atoms with Gasteiger partial charge in [-0.2, -0.15) is 5.10 Å². The standard InChI is InChI=1S/C18H22N4O3/c1-13-11-15(14(2)22(13)16-7-5-4-6-8-16)12-20-21-18(24)17(23)19-9-10-25-3/h4-8,11-12H,9-10H2,1-3H3,(H,19,23)(H,21,24)/b20-12-. The summed E-state index contributed by atoms with van der Waals surface area (Å²) in [5, 5.41) is 6.29. The van der Waals surface area contributed by atoms with E-state index in [1.54, 1.807) is 0 Å². The average Bonchev–Trinajstić information content (AvgIpc) is 2.89. The van der Waals surface area contributed by atoms with Gasteiger partial charge < -0.3 is 14.6 Å². The van der Waals surface area contributed by atoms with E-state index >= 15 is 0 Å². The highest BCUT2D eigenvalue weighted by Gasteiger charge is 2.12. The molecule has 7 heteroatoms. The summed E-state index contributed by atoms with van der Waals surface area (Å²) in [7, 11) is 1.52. The van der Waals surface area contributed by atoms with Crippen LogP contribution in [0, 0.1) is 13.8 Å². The van der Waals surface area contributed by atoms with Crippen LogP contribution < -0.4 is 10.7 Å². The lowest BCUT2D eigenvalue weighted by Crippen LogP contribution is -2.39. The molecule has 2 N–H and O–H groups in total. The average molecular weight is 342 g/mol. The molecule has 2 rings (SSSR count). The van der Waals surface area contributed by atoms with Gasteiger partial charge in [-0.05, 0) is 32.0 Å². The van der Waals surface area contributed by atoms with E-state index in [1.807, 2.05) is 50.2 Å². The zero-order valence-corrected chi connectivity index (χ0v) is 14.6. The van der Waals surface area contributed by atoms with Crippen molar-refractivity contribution >= 4 is 18.0 Å². The van der Waals surface area contributed by atoms with Crippen LogP contribution in [0.3, 0.4) is 0 Å². The predicted molar refractivity (Wildman–Crippen MR) is 95.9 cm³/mol. The largest absolute Gasteiger partial charge is 0.383 e. The SMILES string of the molecule is COCCNC(=O)C(=O)N/N=C\c1cc(C)n(-c2ccccc2)c1C. The Labute approximate surface area is 146 Å². The van der Waals surface area contributed by atoms with Crippen LogP contribution in [0.15, 0.2) is 41.5 Å². The van der Waals surface area contributed by atoms with Crippen molar-refractivity contribution in [2.75, 3.05) is 20.3 Å². The first kappa shape index (κ1) is 18.4. The van der Waals surface area contributed by atoms with Crippen molar-refractivity contribution in [1.29, 1.82) is 0 Å². The molecule has 1 aromatic carbocycles. The number of benzene rings is 1. The summed E-state index contributed by atoms with van der Waals surface area (Å²) < 4.78 is 6.89. The molecule has 1 aromatic heterocycles. The number of amides is 2. The van der Waals surface area contributed by atoms with Crippen LogP contribution in [0.25, 0.3) is 5.69 Å². The van der Waals surface area contributed by atoms with Crippen molar-refractivity contribution in [3.8, 4) is 5.69 Å². The third-order valence-corrected chi connectivity index (χ3v) is 3.65. The van der Waals surface area contributed by atoms with Gasteiger partial charge in [0, 0.05) is 36.3 Å². The van der Waals surface area contributed by atoms with E-state index in [-0.39, 0.29) is 6.54 Å². The Morgan fingerprint density at radius 3 is 2.60 bits per heavy atom. The summed E-state index contributed by atoms with van der Waals surface area (Å²) in [4.78, 5) is 23.1. The molecule has 0 bridgehead atoms. The number of hydrogen-bond acceptors (Lipinski definition) is 4. The van der Waals surface area contributed by atoms with Gasteiger partial charge in [0.15, 0.2) is 0 Å². The zero-order chi connectivity index (χ0) is 18.2. The van der Waals surface area contributed by atoms with E-state index in [0.29, 0.717) is 6.61 Å². The lowest BCUT2D eigenvalue weighted by molar-refractivity contribution is -0.139. The molecular weight excluding hydrogens is 320 g/mol. The van der Waals surface area contributed by atoms with E-state index in [2.05, 4.69) is 20.4 Å². The lowest BCUT2D eigenvalue weighted by atomic mass is 10.2. The molecule has 0 unspecified atom stereocenters. The molecule has 1 heterocycles. The summed E-state index contributed by atoms with van der Waals surface area (Å²) in [5.74, 6) is -1.56. The predicted octanol–water partition coefficient (Wildman–Crippen LogP) is 1.31. The number of rotatable bonds is 6. The van der Waals surface area contributed by atoms with E-state index < -0.39 is 11.8 Å². The Kier molecular flexibility index (Phi) is 6.47. The van der Waals surface area contributed by atoms with Crippen LogP contribution in [0.5, 0.6) is 0 Å². The number of hydrogen-bond donors (Lipinski definition) is 2. The minimum atomic E-state index is -0.816. The minimum Gasteiger partial charge on any atom is -0.383 e. The molecule has 0 radical (unpaired) electrons. The second-order valence-corrected chi connectivity index (χ2v) is 5.45. The highest BCUT2D eigenvalue weighted by atomic mass is 16.5. The quantitative estimate of drug-likeness (QED) is 0.359. The molecular formula is C18H22N4O3. The highest BCUT2D eigenvalue weighted by Crippen LogP contribution is 2.19. The van der Waals surface area contributed by atoms with Gasteiger partial charge in [0.2, 0.25) is 0 Å². The maximum absolute atomic E-state index is 11.6. The molecule has 2 aromatic rings. The first-order valence-electron chi connectivity index (χ1n) is 7.89. The van der Waals surface area contributed by atoms with Gasteiger partial charge in [-0.3, -0.25) is 9.59 Å². The molecule has 7 nitrogen and oxygen atoms in total. The molecule has 0 saturated heterocycles. The highest BCUT2D eigenvalue weighted by molar-refractivity contribution is 6.35. The monoisotopic (exact) mass is 342 g/mol.